The molecule has 1 amide bonds. The smallest absolute Gasteiger partial charge is 0.253 e. The zero-order chi connectivity index (χ0) is 14.5. The lowest BCUT2D eigenvalue weighted by atomic mass is 9.94. The van der Waals surface area contributed by atoms with E-state index in [0.29, 0.717) is 5.92 Å². The Morgan fingerprint density at radius 3 is 2.29 bits per heavy atom. The fraction of sp³-hybridized carbons (Fsp3) is 0.316. The molecule has 1 atom stereocenters. The molecule has 1 saturated heterocycles. The van der Waals surface area contributed by atoms with Gasteiger partial charge in [0, 0.05) is 24.6 Å². The summed E-state index contributed by atoms with van der Waals surface area (Å²) in [6, 6.07) is 20.2. The maximum Gasteiger partial charge on any atom is 0.253 e. The average Bonchev–Trinajstić information content (AvgIpc) is 2.82. The second-order valence-electron chi connectivity index (χ2n) is 5.72. The highest BCUT2D eigenvalue weighted by atomic mass is 16.2. The third-order valence-corrected chi connectivity index (χ3v) is 4.25. The van der Waals surface area contributed by atoms with E-state index in [9.17, 15) is 4.79 Å². The molecular formula is C19H21NO. The van der Waals surface area contributed by atoms with Crippen molar-refractivity contribution in [3.8, 4) is 0 Å². The standard InChI is InChI=1S/C19H21NO/c21-19(17-11-5-2-6-12-17)20-14-8-7-13-18(15-20)16-9-3-1-4-10-16/h1-6,9-12,18H,7-8,13-15H2. The number of carbonyl (C=O) groups excluding carboxylic acids is 1. The van der Waals surface area contributed by atoms with Crippen LogP contribution in [0.2, 0.25) is 0 Å². The summed E-state index contributed by atoms with van der Waals surface area (Å²) in [7, 11) is 0. The summed E-state index contributed by atoms with van der Waals surface area (Å²) < 4.78 is 0. The van der Waals surface area contributed by atoms with Crippen LogP contribution in [0.4, 0.5) is 0 Å². The van der Waals surface area contributed by atoms with Crippen molar-refractivity contribution in [2.24, 2.45) is 0 Å². The van der Waals surface area contributed by atoms with Crippen molar-refractivity contribution in [3.63, 3.8) is 0 Å². The second kappa shape index (κ2) is 6.57. The number of hydrogen-bond donors (Lipinski definition) is 0. The van der Waals surface area contributed by atoms with Gasteiger partial charge in [-0.15, -0.1) is 0 Å². The Morgan fingerprint density at radius 2 is 1.57 bits per heavy atom. The molecule has 1 heterocycles. The molecule has 1 unspecified atom stereocenters. The molecule has 1 aliphatic rings. The van der Waals surface area contributed by atoms with E-state index in [-0.39, 0.29) is 5.91 Å². The van der Waals surface area contributed by atoms with Crippen molar-refractivity contribution in [1.82, 2.24) is 4.90 Å². The molecule has 0 spiro atoms. The molecule has 0 radical (unpaired) electrons. The highest BCUT2D eigenvalue weighted by Crippen LogP contribution is 2.27. The van der Waals surface area contributed by atoms with Gasteiger partial charge < -0.3 is 4.90 Å². The third kappa shape index (κ3) is 3.33. The van der Waals surface area contributed by atoms with Crippen LogP contribution >= 0.6 is 0 Å². The van der Waals surface area contributed by atoms with Gasteiger partial charge in [0.15, 0.2) is 0 Å². The summed E-state index contributed by atoms with van der Waals surface area (Å²) >= 11 is 0. The maximum absolute atomic E-state index is 12.7. The molecule has 21 heavy (non-hydrogen) atoms. The van der Waals surface area contributed by atoms with Gasteiger partial charge >= 0.3 is 0 Å². The van der Waals surface area contributed by atoms with Gasteiger partial charge in [-0.05, 0) is 30.5 Å². The molecule has 2 nitrogen and oxygen atoms in total. The van der Waals surface area contributed by atoms with Gasteiger partial charge in [-0.3, -0.25) is 4.79 Å². The van der Waals surface area contributed by atoms with Crippen molar-refractivity contribution in [2.75, 3.05) is 13.1 Å². The monoisotopic (exact) mass is 279 g/mol. The first-order chi connectivity index (χ1) is 10.3. The molecule has 2 aromatic rings. The van der Waals surface area contributed by atoms with E-state index in [4.69, 9.17) is 0 Å². The Morgan fingerprint density at radius 1 is 0.905 bits per heavy atom. The largest absolute Gasteiger partial charge is 0.338 e. The van der Waals surface area contributed by atoms with Crippen molar-refractivity contribution in [1.29, 1.82) is 0 Å². The number of hydrogen-bond acceptors (Lipinski definition) is 1. The van der Waals surface area contributed by atoms with Crippen LogP contribution in [0.3, 0.4) is 0 Å². The minimum absolute atomic E-state index is 0.165. The van der Waals surface area contributed by atoms with Crippen molar-refractivity contribution >= 4 is 5.91 Å². The fourth-order valence-corrected chi connectivity index (χ4v) is 3.09. The van der Waals surface area contributed by atoms with E-state index < -0.39 is 0 Å². The first-order valence-electron chi connectivity index (χ1n) is 7.74. The molecule has 0 aliphatic carbocycles. The lowest BCUT2D eigenvalue weighted by molar-refractivity contribution is 0.0754. The first-order valence-corrected chi connectivity index (χ1v) is 7.74. The first kappa shape index (κ1) is 13.9. The SMILES string of the molecule is O=C(c1ccccc1)N1CCCCC(c2ccccc2)C1. The molecule has 1 aliphatic heterocycles. The summed E-state index contributed by atoms with van der Waals surface area (Å²) in [6.07, 6.45) is 3.46. The van der Waals surface area contributed by atoms with Crippen LogP contribution in [0, 0.1) is 0 Å². The van der Waals surface area contributed by atoms with Gasteiger partial charge in [-0.25, -0.2) is 0 Å². The van der Waals surface area contributed by atoms with E-state index in [2.05, 4.69) is 24.3 Å². The fourth-order valence-electron chi connectivity index (χ4n) is 3.09. The van der Waals surface area contributed by atoms with Crippen molar-refractivity contribution < 1.29 is 4.79 Å². The minimum atomic E-state index is 0.165. The van der Waals surface area contributed by atoms with E-state index >= 15 is 0 Å². The third-order valence-electron chi connectivity index (χ3n) is 4.25. The minimum Gasteiger partial charge on any atom is -0.338 e. The topological polar surface area (TPSA) is 20.3 Å². The van der Waals surface area contributed by atoms with E-state index in [1.165, 1.54) is 18.4 Å². The number of likely N-dealkylation sites (tertiary alicyclic amines) is 1. The molecule has 0 aromatic heterocycles. The zero-order valence-electron chi connectivity index (χ0n) is 12.2. The molecule has 2 aromatic carbocycles. The quantitative estimate of drug-likeness (QED) is 0.810. The van der Waals surface area contributed by atoms with E-state index in [1.54, 1.807) is 0 Å². The summed E-state index contributed by atoms with van der Waals surface area (Å²) in [5.74, 6) is 0.625. The van der Waals surface area contributed by atoms with Gasteiger partial charge in [0.25, 0.3) is 5.91 Å². The normalized spacial score (nSPS) is 19.0. The van der Waals surface area contributed by atoms with Gasteiger partial charge in [-0.1, -0.05) is 55.0 Å². The predicted molar refractivity (Wildman–Crippen MR) is 85.4 cm³/mol. The molecule has 2 heteroatoms. The molecule has 0 saturated carbocycles. The number of benzene rings is 2. The van der Waals surface area contributed by atoms with Crippen LogP contribution in [-0.2, 0) is 0 Å². The summed E-state index contributed by atoms with van der Waals surface area (Å²) in [6.45, 7) is 1.70. The van der Waals surface area contributed by atoms with Gasteiger partial charge in [0.1, 0.15) is 0 Å². The van der Waals surface area contributed by atoms with Crippen LogP contribution in [-0.4, -0.2) is 23.9 Å². The Balaban J connectivity index is 1.78. The van der Waals surface area contributed by atoms with Gasteiger partial charge in [-0.2, -0.15) is 0 Å². The number of rotatable bonds is 2. The number of amides is 1. The summed E-state index contributed by atoms with van der Waals surface area (Å²) in [5, 5.41) is 0. The number of carbonyl (C=O) groups is 1. The molecule has 0 bridgehead atoms. The Labute approximate surface area is 126 Å². The van der Waals surface area contributed by atoms with Crippen LogP contribution in [0.15, 0.2) is 60.7 Å². The zero-order valence-corrected chi connectivity index (χ0v) is 12.2. The maximum atomic E-state index is 12.7. The predicted octanol–water partition coefficient (Wildman–Crippen LogP) is 4.10. The molecule has 3 rings (SSSR count). The van der Waals surface area contributed by atoms with Gasteiger partial charge in [0.2, 0.25) is 0 Å². The van der Waals surface area contributed by atoms with E-state index in [1.807, 2.05) is 41.3 Å². The van der Waals surface area contributed by atoms with Gasteiger partial charge in [0.05, 0.1) is 0 Å². The Kier molecular flexibility index (Phi) is 4.34. The van der Waals surface area contributed by atoms with E-state index in [0.717, 1.165) is 25.1 Å². The average molecular weight is 279 g/mol. The van der Waals surface area contributed by atoms with Crippen LogP contribution in [0.5, 0.6) is 0 Å². The van der Waals surface area contributed by atoms with Crippen molar-refractivity contribution in [3.05, 3.63) is 71.8 Å². The molecule has 0 N–H and O–H groups in total. The summed E-state index contributed by atoms with van der Waals surface area (Å²) in [4.78, 5) is 14.7. The Bertz CT molecular complexity index is 579. The molecule has 108 valence electrons. The highest BCUT2D eigenvalue weighted by molar-refractivity contribution is 5.94. The van der Waals surface area contributed by atoms with Crippen LogP contribution in [0.25, 0.3) is 0 Å². The van der Waals surface area contributed by atoms with Crippen LogP contribution < -0.4 is 0 Å². The molecular weight excluding hydrogens is 258 g/mol. The Hall–Kier alpha value is -2.09. The summed E-state index contributed by atoms with van der Waals surface area (Å²) in [5.41, 5.74) is 2.15. The molecule has 1 fully saturated rings. The highest BCUT2D eigenvalue weighted by Gasteiger charge is 2.23. The second-order valence-corrected chi connectivity index (χ2v) is 5.72. The lowest BCUT2D eigenvalue weighted by Gasteiger charge is -2.25. The number of nitrogens with zero attached hydrogens (tertiary/aromatic N) is 1. The lowest BCUT2D eigenvalue weighted by Crippen LogP contribution is -2.34. The van der Waals surface area contributed by atoms with Crippen LogP contribution in [0.1, 0.15) is 41.1 Å². The van der Waals surface area contributed by atoms with Crippen molar-refractivity contribution in [2.45, 2.75) is 25.2 Å².